The molecule has 0 aliphatic carbocycles. The Morgan fingerprint density at radius 1 is 1.25 bits per heavy atom. The number of halogens is 1. The number of carbonyl (C=O) groups excluding carboxylic acids is 1. The van der Waals surface area contributed by atoms with Crippen LogP contribution in [0.3, 0.4) is 0 Å². The van der Waals surface area contributed by atoms with Crippen molar-refractivity contribution in [2.75, 3.05) is 38.1 Å². The number of carbonyl (C=O) groups is 1. The minimum Gasteiger partial charge on any atom is -0.350 e. The molecule has 0 radical (unpaired) electrons. The van der Waals surface area contributed by atoms with Crippen LogP contribution in [0.5, 0.6) is 0 Å². The van der Waals surface area contributed by atoms with Crippen molar-refractivity contribution in [1.29, 1.82) is 0 Å². The SMILES string of the molecule is CN[C@H](Cc1ccccc1)C(=O)N1CCN(c2nsnc2Cl)CC1. The Morgan fingerprint density at radius 3 is 2.54 bits per heavy atom. The zero-order valence-electron chi connectivity index (χ0n) is 13.5. The van der Waals surface area contributed by atoms with Crippen LogP contribution in [-0.4, -0.2) is 58.8 Å². The van der Waals surface area contributed by atoms with Gasteiger partial charge in [0.2, 0.25) is 5.91 Å². The number of likely N-dealkylation sites (N-methyl/N-ethyl adjacent to an activating group) is 1. The fourth-order valence-corrected chi connectivity index (χ4v) is 3.66. The molecule has 8 heteroatoms. The van der Waals surface area contributed by atoms with Crippen LogP contribution in [-0.2, 0) is 11.2 Å². The van der Waals surface area contributed by atoms with Crippen LogP contribution in [0.1, 0.15) is 5.56 Å². The van der Waals surface area contributed by atoms with Gasteiger partial charge in [-0.3, -0.25) is 4.79 Å². The highest BCUT2D eigenvalue weighted by molar-refractivity contribution is 6.99. The lowest BCUT2D eigenvalue weighted by Crippen LogP contribution is -2.54. The molecule has 0 spiro atoms. The maximum atomic E-state index is 12.8. The van der Waals surface area contributed by atoms with Gasteiger partial charge in [0.15, 0.2) is 11.0 Å². The molecule has 2 aromatic rings. The largest absolute Gasteiger partial charge is 0.350 e. The van der Waals surface area contributed by atoms with Crippen LogP contribution in [0, 0.1) is 0 Å². The summed E-state index contributed by atoms with van der Waals surface area (Å²) in [6.45, 7) is 2.77. The minimum atomic E-state index is -0.205. The number of nitrogens with one attached hydrogen (secondary N) is 1. The summed E-state index contributed by atoms with van der Waals surface area (Å²) in [5.74, 6) is 0.867. The van der Waals surface area contributed by atoms with E-state index in [0.29, 0.717) is 24.7 Å². The highest BCUT2D eigenvalue weighted by Gasteiger charge is 2.28. The summed E-state index contributed by atoms with van der Waals surface area (Å²) in [5.41, 5.74) is 1.16. The molecular weight excluding hydrogens is 346 g/mol. The number of piperazine rings is 1. The lowest BCUT2D eigenvalue weighted by atomic mass is 10.0. The predicted octanol–water partition coefficient (Wildman–Crippen LogP) is 1.67. The van der Waals surface area contributed by atoms with Gasteiger partial charge in [0.25, 0.3) is 0 Å². The smallest absolute Gasteiger partial charge is 0.240 e. The molecule has 1 amide bonds. The van der Waals surface area contributed by atoms with E-state index >= 15 is 0 Å². The Kier molecular flexibility index (Phi) is 5.65. The summed E-state index contributed by atoms with van der Waals surface area (Å²) in [5, 5.41) is 3.59. The molecule has 1 aromatic carbocycles. The van der Waals surface area contributed by atoms with Crippen molar-refractivity contribution in [3.63, 3.8) is 0 Å². The molecule has 3 rings (SSSR count). The molecule has 0 unspecified atom stereocenters. The van der Waals surface area contributed by atoms with E-state index in [9.17, 15) is 4.79 Å². The summed E-state index contributed by atoms with van der Waals surface area (Å²) in [7, 11) is 1.84. The lowest BCUT2D eigenvalue weighted by molar-refractivity contribution is -0.133. The second-order valence-corrected chi connectivity index (χ2v) is 6.61. The van der Waals surface area contributed by atoms with Crippen molar-refractivity contribution < 1.29 is 4.79 Å². The zero-order valence-corrected chi connectivity index (χ0v) is 15.1. The van der Waals surface area contributed by atoms with Crippen molar-refractivity contribution in [1.82, 2.24) is 19.0 Å². The quantitative estimate of drug-likeness (QED) is 0.873. The van der Waals surface area contributed by atoms with Crippen molar-refractivity contribution in [3.8, 4) is 0 Å². The van der Waals surface area contributed by atoms with Gasteiger partial charge in [-0.2, -0.15) is 8.75 Å². The molecule has 6 nitrogen and oxygen atoms in total. The first kappa shape index (κ1) is 17.1. The van der Waals surface area contributed by atoms with E-state index in [0.717, 1.165) is 36.2 Å². The van der Waals surface area contributed by atoms with Crippen LogP contribution in [0.2, 0.25) is 5.15 Å². The van der Waals surface area contributed by atoms with Gasteiger partial charge in [-0.25, -0.2) is 0 Å². The first-order valence-electron chi connectivity index (χ1n) is 7.92. The Morgan fingerprint density at radius 2 is 1.96 bits per heavy atom. The van der Waals surface area contributed by atoms with Crippen LogP contribution in [0.15, 0.2) is 30.3 Å². The van der Waals surface area contributed by atoms with Crippen molar-refractivity contribution in [2.45, 2.75) is 12.5 Å². The molecule has 24 heavy (non-hydrogen) atoms. The summed E-state index contributed by atoms with van der Waals surface area (Å²) < 4.78 is 8.22. The van der Waals surface area contributed by atoms with Crippen LogP contribution in [0.25, 0.3) is 0 Å². The van der Waals surface area contributed by atoms with Crippen molar-refractivity contribution in [3.05, 3.63) is 41.0 Å². The average molecular weight is 366 g/mol. The van der Waals surface area contributed by atoms with E-state index in [1.54, 1.807) is 0 Å². The van der Waals surface area contributed by atoms with E-state index in [1.165, 1.54) is 0 Å². The second-order valence-electron chi connectivity index (χ2n) is 5.72. The van der Waals surface area contributed by atoms with Crippen LogP contribution in [0.4, 0.5) is 5.82 Å². The maximum absolute atomic E-state index is 12.8. The molecular formula is C16H20ClN5OS. The molecule has 128 valence electrons. The van der Waals surface area contributed by atoms with E-state index < -0.39 is 0 Å². The Balaban J connectivity index is 1.58. The molecule has 1 aromatic heterocycles. The molecule has 1 aliphatic heterocycles. The van der Waals surface area contributed by atoms with E-state index in [4.69, 9.17) is 11.6 Å². The van der Waals surface area contributed by atoms with Gasteiger partial charge in [0, 0.05) is 26.2 Å². The number of nitrogens with zero attached hydrogens (tertiary/aromatic N) is 4. The Hall–Kier alpha value is -1.70. The molecule has 1 atom stereocenters. The first-order chi connectivity index (χ1) is 11.7. The lowest BCUT2D eigenvalue weighted by Gasteiger charge is -2.36. The highest BCUT2D eigenvalue weighted by atomic mass is 35.5. The fourth-order valence-electron chi connectivity index (χ4n) is 2.88. The summed E-state index contributed by atoms with van der Waals surface area (Å²) >= 11 is 7.15. The second kappa shape index (κ2) is 7.92. The maximum Gasteiger partial charge on any atom is 0.240 e. The van der Waals surface area contributed by atoms with Gasteiger partial charge in [-0.15, -0.1) is 0 Å². The summed E-state index contributed by atoms with van der Waals surface area (Å²) in [6.07, 6.45) is 0.693. The first-order valence-corrected chi connectivity index (χ1v) is 9.03. The van der Waals surface area contributed by atoms with Gasteiger partial charge < -0.3 is 15.1 Å². The molecule has 1 aliphatic rings. The summed E-state index contributed by atoms with van der Waals surface area (Å²) in [6, 6.07) is 9.87. The van der Waals surface area contributed by atoms with E-state index in [-0.39, 0.29) is 11.9 Å². The Labute approximate surface area is 150 Å². The van der Waals surface area contributed by atoms with Crippen molar-refractivity contribution in [2.24, 2.45) is 0 Å². The van der Waals surface area contributed by atoms with Gasteiger partial charge in [-0.05, 0) is 19.0 Å². The Bertz CT molecular complexity index is 672. The molecule has 2 heterocycles. The highest BCUT2D eigenvalue weighted by Crippen LogP contribution is 2.24. The third kappa shape index (κ3) is 3.85. The van der Waals surface area contributed by atoms with E-state index in [1.807, 2.05) is 42.3 Å². The zero-order chi connectivity index (χ0) is 16.9. The van der Waals surface area contributed by atoms with Gasteiger partial charge in [0.1, 0.15) is 0 Å². The average Bonchev–Trinajstić information content (AvgIpc) is 3.06. The molecule has 0 bridgehead atoms. The predicted molar refractivity (Wildman–Crippen MR) is 96.7 cm³/mol. The number of hydrogen-bond acceptors (Lipinski definition) is 6. The van der Waals surface area contributed by atoms with Gasteiger partial charge in [-0.1, -0.05) is 41.9 Å². The fraction of sp³-hybridized carbons (Fsp3) is 0.438. The normalized spacial score (nSPS) is 16.2. The third-order valence-corrected chi connectivity index (χ3v) is 5.13. The van der Waals surface area contributed by atoms with Crippen LogP contribution < -0.4 is 10.2 Å². The van der Waals surface area contributed by atoms with Crippen molar-refractivity contribution >= 4 is 35.1 Å². The molecule has 0 saturated carbocycles. The van der Waals surface area contributed by atoms with Gasteiger partial charge >= 0.3 is 0 Å². The number of anilines is 1. The number of aromatic nitrogens is 2. The number of benzene rings is 1. The molecule has 1 N–H and O–H groups in total. The molecule has 1 fully saturated rings. The van der Waals surface area contributed by atoms with Gasteiger partial charge in [0.05, 0.1) is 17.8 Å². The molecule has 1 saturated heterocycles. The standard InChI is InChI=1S/C16H20ClN5OS/c1-18-13(11-12-5-3-2-4-6-12)16(23)22-9-7-21(8-10-22)15-14(17)19-24-20-15/h2-6,13,18H,7-11H2,1H3/t13-/m1/s1. The topological polar surface area (TPSA) is 61.4 Å². The third-order valence-electron chi connectivity index (χ3n) is 4.25. The number of amides is 1. The minimum absolute atomic E-state index is 0.142. The summed E-state index contributed by atoms with van der Waals surface area (Å²) in [4.78, 5) is 16.8. The number of rotatable bonds is 5. The number of hydrogen-bond donors (Lipinski definition) is 1. The van der Waals surface area contributed by atoms with E-state index in [2.05, 4.69) is 19.0 Å². The monoisotopic (exact) mass is 365 g/mol. The van der Waals surface area contributed by atoms with Crippen LogP contribution >= 0.6 is 23.3 Å².